The van der Waals surface area contributed by atoms with E-state index < -0.39 is 5.60 Å². The number of aliphatic hydroxyl groups is 1. The summed E-state index contributed by atoms with van der Waals surface area (Å²) in [4.78, 5) is 0. The molecule has 0 unspecified atom stereocenters. The first-order valence-corrected chi connectivity index (χ1v) is 5.36. The molecule has 0 aromatic carbocycles. The van der Waals surface area contributed by atoms with Crippen molar-refractivity contribution in [2.75, 3.05) is 0 Å². The minimum Gasteiger partial charge on any atom is -0.389 e. The topological polar surface area (TPSA) is 74.7 Å². The van der Waals surface area contributed by atoms with Crippen LogP contribution in [0.2, 0.25) is 0 Å². The standard InChI is InChI=1S/C11H18N4O/c1-8(2)10-9(5-6-12)13-14-15(10)7-11(3,4)16/h8,16H,5,7H2,1-4H3. The lowest BCUT2D eigenvalue weighted by Gasteiger charge is -2.19. The molecule has 0 spiro atoms. The quantitative estimate of drug-likeness (QED) is 0.831. The predicted molar refractivity (Wildman–Crippen MR) is 59.7 cm³/mol. The van der Waals surface area contributed by atoms with Crippen molar-refractivity contribution in [3.8, 4) is 6.07 Å². The molecule has 1 heterocycles. The van der Waals surface area contributed by atoms with Crippen LogP contribution in [0.15, 0.2) is 0 Å². The summed E-state index contributed by atoms with van der Waals surface area (Å²) in [5, 5.41) is 26.4. The molecule has 0 aliphatic rings. The molecular weight excluding hydrogens is 204 g/mol. The van der Waals surface area contributed by atoms with Crippen molar-refractivity contribution in [2.24, 2.45) is 0 Å². The van der Waals surface area contributed by atoms with E-state index in [4.69, 9.17) is 5.26 Å². The van der Waals surface area contributed by atoms with Crippen molar-refractivity contribution in [1.82, 2.24) is 15.0 Å². The van der Waals surface area contributed by atoms with Crippen LogP contribution in [0.4, 0.5) is 0 Å². The maximum atomic E-state index is 9.76. The van der Waals surface area contributed by atoms with Gasteiger partial charge in [0.15, 0.2) is 0 Å². The molecule has 0 radical (unpaired) electrons. The van der Waals surface area contributed by atoms with Gasteiger partial charge in [0.1, 0.15) is 5.69 Å². The largest absolute Gasteiger partial charge is 0.389 e. The van der Waals surface area contributed by atoms with E-state index in [1.54, 1.807) is 18.5 Å². The minimum absolute atomic E-state index is 0.237. The van der Waals surface area contributed by atoms with Crippen LogP contribution in [0.1, 0.15) is 45.0 Å². The molecule has 1 rings (SSSR count). The Morgan fingerprint density at radius 2 is 2.12 bits per heavy atom. The van der Waals surface area contributed by atoms with Gasteiger partial charge in [0.25, 0.3) is 0 Å². The average Bonchev–Trinajstić information content (AvgIpc) is 2.45. The summed E-state index contributed by atoms with van der Waals surface area (Å²) in [5.74, 6) is 0.237. The van der Waals surface area contributed by atoms with Crippen molar-refractivity contribution in [3.05, 3.63) is 11.4 Å². The van der Waals surface area contributed by atoms with Gasteiger partial charge in [0.05, 0.1) is 30.3 Å². The summed E-state index contributed by atoms with van der Waals surface area (Å²) in [5.41, 5.74) is 0.812. The zero-order valence-electron chi connectivity index (χ0n) is 10.2. The summed E-state index contributed by atoms with van der Waals surface area (Å²) in [6, 6.07) is 2.08. The van der Waals surface area contributed by atoms with Crippen molar-refractivity contribution >= 4 is 0 Å². The normalized spacial score (nSPS) is 11.8. The van der Waals surface area contributed by atoms with Crippen LogP contribution in [0, 0.1) is 11.3 Å². The predicted octanol–water partition coefficient (Wildman–Crippen LogP) is 1.24. The van der Waals surface area contributed by atoms with E-state index >= 15 is 0 Å². The molecule has 1 aromatic heterocycles. The van der Waals surface area contributed by atoms with Gasteiger partial charge < -0.3 is 5.11 Å². The molecule has 0 aliphatic heterocycles. The summed E-state index contributed by atoms with van der Waals surface area (Å²) < 4.78 is 1.69. The molecule has 88 valence electrons. The fraction of sp³-hybridized carbons (Fsp3) is 0.727. The van der Waals surface area contributed by atoms with Crippen molar-refractivity contribution in [2.45, 2.75) is 52.2 Å². The molecule has 0 fully saturated rings. The van der Waals surface area contributed by atoms with Crippen LogP contribution in [0.5, 0.6) is 0 Å². The molecule has 1 N–H and O–H groups in total. The SMILES string of the molecule is CC(C)c1c(CC#N)nnn1CC(C)(C)O. The lowest BCUT2D eigenvalue weighted by atomic mass is 10.1. The van der Waals surface area contributed by atoms with E-state index in [1.165, 1.54) is 0 Å². The molecule has 0 amide bonds. The molecule has 0 aliphatic carbocycles. The third-order valence-electron chi connectivity index (χ3n) is 2.18. The van der Waals surface area contributed by atoms with Crippen LogP contribution >= 0.6 is 0 Å². The molecule has 0 saturated heterocycles. The Hall–Kier alpha value is -1.41. The van der Waals surface area contributed by atoms with Gasteiger partial charge in [-0.1, -0.05) is 19.1 Å². The fourth-order valence-electron chi connectivity index (χ4n) is 1.67. The summed E-state index contributed by atoms with van der Waals surface area (Å²) in [6.45, 7) is 7.89. The molecular formula is C11H18N4O. The lowest BCUT2D eigenvalue weighted by Crippen LogP contribution is -2.28. The number of aromatic nitrogens is 3. The van der Waals surface area contributed by atoms with Crippen molar-refractivity contribution in [3.63, 3.8) is 0 Å². The molecule has 5 heteroatoms. The molecule has 0 bridgehead atoms. The first kappa shape index (κ1) is 12.7. The van der Waals surface area contributed by atoms with Crippen LogP contribution in [0.25, 0.3) is 0 Å². The van der Waals surface area contributed by atoms with Gasteiger partial charge in [-0.3, -0.25) is 0 Å². The van der Waals surface area contributed by atoms with Gasteiger partial charge >= 0.3 is 0 Å². The van der Waals surface area contributed by atoms with Gasteiger partial charge in [-0.25, -0.2) is 4.68 Å². The first-order chi connectivity index (χ1) is 7.35. The molecule has 5 nitrogen and oxygen atoms in total. The highest BCUT2D eigenvalue weighted by molar-refractivity contribution is 5.17. The zero-order valence-corrected chi connectivity index (χ0v) is 10.2. The molecule has 0 saturated carbocycles. The minimum atomic E-state index is -0.832. The van der Waals surface area contributed by atoms with Gasteiger partial charge in [-0.15, -0.1) is 5.10 Å². The van der Waals surface area contributed by atoms with Crippen LogP contribution in [0.3, 0.4) is 0 Å². The van der Waals surface area contributed by atoms with Gasteiger partial charge in [-0.05, 0) is 19.8 Å². The Kier molecular flexibility index (Phi) is 3.66. The van der Waals surface area contributed by atoms with E-state index in [0.29, 0.717) is 12.2 Å². The molecule has 16 heavy (non-hydrogen) atoms. The summed E-state index contributed by atoms with van der Waals surface area (Å²) in [7, 11) is 0. The first-order valence-electron chi connectivity index (χ1n) is 5.36. The Balaban J connectivity index is 3.06. The lowest BCUT2D eigenvalue weighted by molar-refractivity contribution is 0.0560. The highest BCUT2D eigenvalue weighted by atomic mass is 16.3. The maximum absolute atomic E-state index is 9.76. The fourth-order valence-corrected chi connectivity index (χ4v) is 1.67. The highest BCUT2D eigenvalue weighted by Gasteiger charge is 2.21. The Morgan fingerprint density at radius 1 is 1.50 bits per heavy atom. The van der Waals surface area contributed by atoms with E-state index in [0.717, 1.165) is 5.69 Å². The van der Waals surface area contributed by atoms with E-state index in [2.05, 4.69) is 16.4 Å². The Labute approximate surface area is 95.7 Å². The number of rotatable bonds is 4. The number of nitriles is 1. The highest BCUT2D eigenvalue weighted by Crippen LogP contribution is 2.19. The van der Waals surface area contributed by atoms with E-state index in [-0.39, 0.29) is 12.3 Å². The van der Waals surface area contributed by atoms with Crippen molar-refractivity contribution in [1.29, 1.82) is 5.26 Å². The zero-order chi connectivity index (χ0) is 12.3. The van der Waals surface area contributed by atoms with Gasteiger partial charge in [0, 0.05) is 0 Å². The summed E-state index contributed by atoms with van der Waals surface area (Å²) in [6.07, 6.45) is 0.263. The van der Waals surface area contributed by atoms with Crippen LogP contribution in [-0.4, -0.2) is 25.7 Å². The van der Waals surface area contributed by atoms with Crippen LogP contribution in [-0.2, 0) is 13.0 Å². The third-order valence-corrected chi connectivity index (χ3v) is 2.18. The smallest absolute Gasteiger partial charge is 0.100 e. The Bertz CT molecular complexity index is 395. The van der Waals surface area contributed by atoms with Gasteiger partial charge in [-0.2, -0.15) is 5.26 Å². The monoisotopic (exact) mass is 222 g/mol. The molecule has 1 aromatic rings. The second kappa shape index (κ2) is 4.62. The van der Waals surface area contributed by atoms with Crippen molar-refractivity contribution < 1.29 is 5.11 Å². The second-order valence-corrected chi connectivity index (χ2v) is 4.88. The Morgan fingerprint density at radius 3 is 2.56 bits per heavy atom. The maximum Gasteiger partial charge on any atom is 0.100 e. The van der Waals surface area contributed by atoms with E-state index in [9.17, 15) is 5.11 Å². The number of hydrogen-bond acceptors (Lipinski definition) is 4. The average molecular weight is 222 g/mol. The molecule has 0 atom stereocenters. The summed E-state index contributed by atoms with van der Waals surface area (Å²) >= 11 is 0. The van der Waals surface area contributed by atoms with Gasteiger partial charge in [0.2, 0.25) is 0 Å². The number of hydrogen-bond donors (Lipinski definition) is 1. The second-order valence-electron chi connectivity index (χ2n) is 4.88. The third kappa shape index (κ3) is 3.04. The van der Waals surface area contributed by atoms with E-state index in [1.807, 2.05) is 13.8 Å². The number of nitrogens with zero attached hydrogens (tertiary/aromatic N) is 4. The van der Waals surface area contributed by atoms with Crippen LogP contribution < -0.4 is 0 Å².